The second kappa shape index (κ2) is 6.15. The van der Waals surface area contributed by atoms with Crippen molar-refractivity contribution in [3.05, 3.63) is 23.2 Å². The van der Waals surface area contributed by atoms with Crippen molar-refractivity contribution in [3.63, 3.8) is 0 Å². The van der Waals surface area contributed by atoms with Crippen LogP contribution in [0.5, 0.6) is 0 Å². The Balaban J connectivity index is 1.62. The molecule has 0 N–H and O–H groups in total. The Labute approximate surface area is 142 Å². The summed E-state index contributed by atoms with van der Waals surface area (Å²) in [6.07, 6.45) is 1.35. The molecule has 2 saturated heterocycles. The molecule has 2 amide bonds. The lowest BCUT2D eigenvalue weighted by atomic mass is 9.91. The SMILES string of the molecule is Cc1cc(C(=O)N2CCC(N3CC(C)(C)COC3=O)CC2)c(C)o1. The van der Waals surface area contributed by atoms with Crippen LogP contribution in [0.1, 0.15) is 48.6 Å². The molecular weight excluding hydrogens is 308 g/mol. The van der Waals surface area contributed by atoms with Crippen LogP contribution < -0.4 is 0 Å². The predicted molar refractivity (Wildman–Crippen MR) is 88.9 cm³/mol. The third-order valence-corrected chi connectivity index (χ3v) is 4.88. The number of likely N-dealkylation sites (tertiary alicyclic amines) is 1. The van der Waals surface area contributed by atoms with Gasteiger partial charge in [0.2, 0.25) is 0 Å². The monoisotopic (exact) mass is 334 g/mol. The van der Waals surface area contributed by atoms with Gasteiger partial charge in [-0.2, -0.15) is 0 Å². The molecule has 0 atom stereocenters. The maximum Gasteiger partial charge on any atom is 0.410 e. The minimum atomic E-state index is -0.222. The first kappa shape index (κ1) is 16.9. The summed E-state index contributed by atoms with van der Waals surface area (Å²) in [6, 6.07) is 1.95. The second-order valence-corrected chi connectivity index (χ2v) is 7.70. The molecule has 2 fully saturated rings. The van der Waals surface area contributed by atoms with Crippen LogP contribution in [0.4, 0.5) is 4.79 Å². The lowest BCUT2D eigenvalue weighted by Crippen LogP contribution is -2.55. The van der Waals surface area contributed by atoms with Crippen LogP contribution in [0.25, 0.3) is 0 Å². The van der Waals surface area contributed by atoms with Crippen LogP contribution in [0.15, 0.2) is 10.5 Å². The summed E-state index contributed by atoms with van der Waals surface area (Å²) < 4.78 is 10.8. The van der Waals surface area contributed by atoms with Gasteiger partial charge < -0.3 is 19.0 Å². The van der Waals surface area contributed by atoms with Gasteiger partial charge in [-0.3, -0.25) is 4.79 Å². The Morgan fingerprint density at radius 1 is 1.25 bits per heavy atom. The average molecular weight is 334 g/mol. The molecule has 6 heteroatoms. The van der Waals surface area contributed by atoms with Crippen molar-refractivity contribution in [1.82, 2.24) is 9.80 Å². The van der Waals surface area contributed by atoms with E-state index in [-0.39, 0.29) is 23.5 Å². The Kier molecular flexibility index (Phi) is 4.32. The number of hydrogen-bond donors (Lipinski definition) is 0. The maximum absolute atomic E-state index is 12.6. The molecule has 1 aromatic heterocycles. The summed E-state index contributed by atoms with van der Waals surface area (Å²) in [5, 5.41) is 0. The molecule has 0 radical (unpaired) electrons. The van der Waals surface area contributed by atoms with Crippen LogP contribution in [0.2, 0.25) is 0 Å². The number of furan rings is 1. The largest absolute Gasteiger partial charge is 0.466 e. The molecule has 0 saturated carbocycles. The van der Waals surface area contributed by atoms with E-state index >= 15 is 0 Å². The van der Waals surface area contributed by atoms with Crippen molar-refractivity contribution in [2.75, 3.05) is 26.2 Å². The molecule has 2 aliphatic rings. The number of piperidine rings is 1. The lowest BCUT2D eigenvalue weighted by Gasteiger charge is -2.44. The Hall–Kier alpha value is -1.98. The number of nitrogens with zero attached hydrogens (tertiary/aromatic N) is 2. The van der Waals surface area contributed by atoms with Gasteiger partial charge in [0.25, 0.3) is 5.91 Å². The number of carbonyl (C=O) groups excluding carboxylic acids is 2. The van der Waals surface area contributed by atoms with E-state index in [0.29, 0.717) is 37.6 Å². The Morgan fingerprint density at radius 2 is 1.92 bits per heavy atom. The van der Waals surface area contributed by atoms with E-state index in [2.05, 4.69) is 13.8 Å². The molecule has 3 heterocycles. The molecule has 0 aromatic carbocycles. The first-order valence-corrected chi connectivity index (χ1v) is 8.56. The molecule has 1 aromatic rings. The fourth-order valence-electron chi connectivity index (χ4n) is 3.58. The molecule has 24 heavy (non-hydrogen) atoms. The van der Waals surface area contributed by atoms with Gasteiger partial charge in [0.05, 0.1) is 12.2 Å². The quantitative estimate of drug-likeness (QED) is 0.834. The lowest BCUT2D eigenvalue weighted by molar-refractivity contribution is -0.0153. The second-order valence-electron chi connectivity index (χ2n) is 7.70. The Morgan fingerprint density at radius 3 is 2.50 bits per heavy atom. The van der Waals surface area contributed by atoms with Gasteiger partial charge in [-0.05, 0) is 32.8 Å². The van der Waals surface area contributed by atoms with Crippen LogP contribution in [0, 0.1) is 19.3 Å². The highest BCUT2D eigenvalue weighted by molar-refractivity contribution is 5.95. The molecular formula is C18H26N2O4. The highest BCUT2D eigenvalue weighted by Crippen LogP contribution is 2.28. The predicted octanol–water partition coefficient (Wildman–Crippen LogP) is 2.98. The van der Waals surface area contributed by atoms with Gasteiger partial charge in [0.1, 0.15) is 11.5 Å². The zero-order chi connectivity index (χ0) is 17.5. The first-order valence-electron chi connectivity index (χ1n) is 8.56. The third kappa shape index (κ3) is 3.28. The van der Waals surface area contributed by atoms with E-state index in [4.69, 9.17) is 9.15 Å². The molecule has 0 unspecified atom stereocenters. The highest BCUT2D eigenvalue weighted by Gasteiger charge is 2.38. The minimum absolute atomic E-state index is 0.0179. The van der Waals surface area contributed by atoms with Crippen molar-refractivity contribution >= 4 is 12.0 Å². The maximum atomic E-state index is 12.6. The van der Waals surface area contributed by atoms with Gasteiger partial charge in [-0.25, -0.2) is 4.79 Å². The summed E-state index contributed by atoms with van der Waals surface area (Å²) in [4.78, 5) is 28.4. The van der Waals surface area contributed by atoms with Gasteiger partial charge in [-0.1, -0.05) is 13.8 Å². The fourth-order valence-corrected chi connectivity index (χ4v) is 3.58. The summed E-state index contributed by atoms with van der Waals surface area (Å²) in [6.45, 7) is 10.4. The van der Waals surface area contributed by atoms with Crippen molar-refractivity contribution in [3.8, 4) is 0 Å². The summed E-state index contributed by atoms with van der Waals surface area (Å²) >= 11 is 0. The van der Waals surface area contributed by atoms with Crippen molar-refractivity contribution < 1.29 is 18.7 Å². The van der Waals surface area contributed by atoms with Crippen LogP contribution >= 0.6 is 0 Å². The molecule has 6 nitrogen and oxygen atoms in total. The smallest absolute Gasteiger partial charge is 0.410 e. The normalized spacial score (nSPS) is 21.8. The number of hydrogen-bond acceptors (Lipinski definition) is 4. The molecule has 132 valence electrons. The van der Waals surface area contributed by atoms with E-state index < -0.39 is 0 Å². The third-order valence-electron chi connectivity index (χ3n) is 4.88. The van der Waals surface area contributed by atoms with E-state index in [1.54, 1.807) is 6.07 Å². The number of carbonyl (C=O) groups is 2. The number of cyclic esters (lactones) is 1. The number of rotatable bonds is 2. The topological polar surface area (TPSA) is 63.0 Å². The van der Waals surface area contributed by atoms with Gasteiger partial charge in [-0.15, -0.1) is 0 Å². The summed E-state index contributed by atoms with van der Waals surface area (Å²) in [5.74, 6) is 1.44. The summed E-state index contributed by atoms with van der Waals surface area (Å²) in [7, 11) is 0. The zero-order valence-corrected chi connectivity index (χ0v) is 14.9. The highest BCUT2D eigenvalue weighted by atomic mass is 16.6. The van der Waals surface area contributed by atoms with Crippen molar-refractivity contribution in [2.45, 2.75) is 46.6 Å². The average Bonchev–Trinajstić information content (AvgIpc) is 2.88. The molecule has 0 aliphatic carbocycles. The van der Waals surface area contributed by atoms with E-state index in [9.17, 15) is 9.59 Å². The summed E-state index contributed by atoms with van der Waals surface area (Å²) in [5.41, 5.74) is 0.621. The van der Waals surface area contributed by atoms with Crippen LogP contribution in [-0.2, 0) is 4.74 Å². The number of aryl methyl sites for hydroxylation is 2. The van der Waals surface area contributed by atoms with E-state index in [1.165, 1.54) is 0 Å². The van der Waals surface area contributed by atoms with Crippen molar-refractivity contribution in [2.24, 2.45) is 5.41 Å². The fraction of sp³-hybridized carbons (Fsp3) is 0.667. The standard InChI is InChI=1S/C18H26N2O4/c1-12-9-15(13(2)24-12)16(21)19-7-5-14(6-8-19)20-10-18(3,4)11-23-17(20)22/h9,14H,5-8,10-11H2,1-4H3. The number of ether oxygens (including phenoxy) is 1. The van der Waals surface area contributed by atoms with Crippen LogP contribution in [-0.4, -0.2) is 54.1 Å². The Bertz CT molecular complexity index is 641. The molecule has 2 aliphatic heterocycles. The molecule has 0 bridgehead atoms. The van der Waals surface area contributed by atoms with Gasteiger partial charge in [0.15, 0.2) is 0 Å². The minimum Gasteiger partial charge on any atom is -0.466 e. The van der Waals surface area contributed by atoms with E-state index in [1.807, 2.05) is 23.6 Å². The first-order chi connectivity index (χ1) is 11.3. The van der Waals surface area contributed by atoms with Gasteiger partial charge in [0, 0.05) is 31.1 Å². The molecule has 3 rings (SSSR count). The van der Waals surface area contributed by atoms with E-state index in [0.717, 1.165) is 18.6 Å². The van der Waals surface area contributed by atoms with Crippen molar-refractivity contribution in [1.29, 1.82) is 0 Å². The number of amides is 2. The van der Waals surface area contributed by atoms with Crippen LogP contribution in [0.3, 0.4) is 0 Å². The molecule has 0 spiro atoms. The van der Waals surface area contributed by atoms with Gasteiger partial charge >= 0.3 is 6.09 Å². The zero-order valence-electron chi connectivity index (χ0n) is 14.9.